The van der Waals surface area contributed by atoms with Crippen molar-refractivity contribution in [3.8, 4) is 0 Å². The van der Waals surface area contributed by atoms with E-state index in [1.54, 1.807) is 6.92 Å². The summed E-state index contributed by atoms with van der Waals surface area (Å²) in [5.41, 5.74) is -0.519. The predicted molar refractivity (Wildman–Crippen MR) is 71.5 cm³/mol. The van der Waals surface area contributed by atoms with Crippen LogP contribution in [0.4, 0.5) is 0 Å². The molecule has 0 aliphatic heterocycles. The third kappa shape index (κ3) is 4.98. The first-order valence-corrected chi connectivity index (χ1v) is 6.28. The molecule has 2 atom stereocenters. The van der Waals surface area contributed by atoms with E-state index in [-0.39, 0.29) is 13.2 Å². The minimum Gasteiger partial charge on any atom is -0.465 e. The number of hydrogen-bond donors (Lipinski definition) is 3. The van der Waals surface area contributed by atoms with Gasteiger partial charge in [0.2, 0.25) is 0 Å². The second-order valence-electron chi connectivity index (χ2n) is 4.63. The maximum Gasteiger partial charge on any atom is 0.327 e. The van der Waals surface area contributed by atoms with Crippen LogP contribution in [-0.4, -0.2) is 41.5 Å². The van der Waals surface area contributed by atoms with E-state index in [1.807, 2.05) is 30.3 Å². The van der Waals surface area contributed by atoms with Crippen LogP contribution in [0, 0.1) is 0 Å². The zero-order chi connectivity index (χ0) is 14.3. The number of carbonyl (C=O) groups is 1. The van der Waals surface area contributed by atoms with E-state index in [9.17, 15) is 9.90 Å². The Hall–Kier alpha value is -1.43. The Morgan fingerprint density at radius 1 is 1.42 bits per heavy atom. The Bertz CT molecular complexity index is 392. The van der Waals surface area contributed by atoms with E-state index >= 15 is 0 Å². The summed E-state index contributed by atoms with van der Waals surface area (Å²) in [6, 6.07) is 8.47. The third-order valence-electron chi connectivity index (χ3n) is 2.68. The van der Waals surface area contributed by atoms with Crippen molar-refractivity contribution in [3.63, 3.8) is 0 Å². The van der Waals surface area contributed by atoms with Crippen LogP contribution >= 0.6 is 0 Å². The highest BCUT2D eigenvalue weighted by Gasteiger charge is 2.26. The summed E-state index contributed by atoms with van der Waals surface area (Å²) in [6.45, 7) is 3.23. The van der Waals surface area contributed by atoms with Gasteiger partial charge in [0.25, 0.3) is 0 Å². The smallest absolute Gasteiger partial charge is 0.327 e. The average Bonchev–Trinajstić information content (AvgIpc) is 2.40. The number of aliphatic hydroxyl groups excluding tert-OH is 1. The van der Waals surface area contributed by atoms with Gasteiger partial charge in [0, 0.05) is 6.54 Å². The third-order valence-corrected chi connectivity index (χ3v) is 2.68. The minimum atomic E-state index is -1.28. The normalized spacial score (nSPS) is 15.6. The predicted octanol–water partition coefficient (Wildman–Crippen LogP) is 0.624. The molecule has 1 rings (SSSR count). The number of esters is 1. The highest BCUT2D eigenvalue weighted by Crippen LogP contribution is 2.15. The molecule has 1 aromatic carbocycles. The van der Waals surface area contributed by atoms with Gasteiger partial charge in [-0.15, -0.1) is 0 Å². The molecule has 5 nitrogen and oxygen atoms in total. The van der Waals surface area contributed by atoms with Crippen LogP contribution in [0.3, 0.4) is 0 Å². The molecule has 0 saturated carbocycles. The van der Waals surface area contributed by atoms with Crippen molar-refractivity contribution < 1.29 is 19.7 Å². The van der Waals surface area contributed by atoms with E-state index in [1.165, 1.54) is 6.92 Å². The van der Waals surface area contributed by atoms with E-state index in [0.29, 0.717) is 6.61 Å². The lowest BCUT2D eigenvalue weighted by Crippen LogP contribution is -2.44. The Kier molecular flexibility index (Phi) is 5.95. The van der Waals surface area contributed by atoms with Crippen LogP contribution in [0.15, 0.2) is 30.3 Å². The molecular formula is C14H21NO4. The molecule has 5 heteroatoms. The van der Waals surface area contributed by atoms with Crippen LogP contribution in [0.2, 0.25) is 0 Å². The number of benzene rings is 1. The molecule has 0 bridgehead atoms. The van der Waals surface area contributed by atoms with Gasteiger partial charge in [-0.2, -0.15) is 0 Å². The van der Waals surface area contributed by atoms with Gasteiger partial charge in [0.05, 0.1) is 18.8 Å². The molecule has 0 amide bonds. The zero-order valence-corrected chi connectivity index (χ0v) is 11.3. The van der Waals surface area contributed by atoms with Gasteiger partial charge in [0.1, 0.15) is 6.04 Å². The summed E-state index contributed by atoms with van der Waals surface area (Å²) in [5.74, 6) is -0.401. The van der Waals surface area contributed by atoms with E-state index in [0.717, 1.165) is 5.56 Å². The molecule has 1 aromatic rings. The van der Waals surface area contributed by atoms with Gasteiger partial charge >= 0.3 is 5.97 Å². The molecule has 0 aliphatic rings. The summed E-state index contributed by atoms with van der Waals surface area (Å²) in [4.78, 5) is 11.9. The molecule has 0 aliphatic carbocycles. The monoisotopic (exact) mass is 267 g/mol. The zero-order valence-electron chi connectivity index (χ0n) is 11.3. The van der Waals surface area contributed by atoms with Gasteiger partial charge in [-0.25, -0.2) is 4.79 Å². The molecule has 0 saturated heterocycles. The molecule has 0 radical (unpaired) electrons. The first-order valence-electron chi connectivity index (χ1n) is 6.28. The summed E-state index contributed by atoms with van der Waals surface area (Å²) in [5, 5.41) is 21.7. The van der Waals surface area contributed by atoms with Gasteiger partial charge in [0.15, 0.2) is 0 Å². The van der Waals surface area contributed by atoms with Crippen LogP contribution in [0.25, 0.3) is 0 Å². The number of rotatable bonds is 7. The van der Waals surface area contributed by atoms with Crippen molar-refractivity contribution in [2.45, 2.75) is 25.5 Å². The van der Waals surface area contributed by atoms with Crippen molar-refractivity contribution in [1.82, 2.24) is 5.32 Å². The van der Waals surface area contributed by atoms with Crippen molar-refractivity contribution in [1.29, 1.82) is 0 Å². The molecule has 2 unspecified atom stereocenters. The molecule has 106 valence electrons. The molecule has 0 aromatic heterocycles. The van der Waals surface area contributed by atoms with Crippen LogP contribution in [0.1, 0.15) is 25.5 Å². The SMILES string of the molecule is CCOC(=O)C(NCC(C)(O)CO)c1ccccc1. The first kappa shape index (κ1) is 15.6. The Labute approximate surface area is 113 Å². The number of nitrogens with one attached hydrogen (secondary N) is 1. The summed E-state index contributed by atoms with van der Waals surface area (Å²) < 4.78 is 5.01. The Balaban J connectivity index is 2.79. The fourth-order valence-electron chi connectivity index (χ4n) is 1.59. The largest absolute Gasteiger partial charge is 0.465 e. The number of carbonyl (C=O) groups excluding carboxylic acids is 1. The summed E-state index contributed by atoms with van der Waals surface area (Å²) >= 11 is 0. The van der Waals surface area contributed by atoms with Crippen LogP contribution in [0.5, 0.6) is 0 Å². The second-order valence-corrected chi connectivity index (χ2v) is 4.63. The molecule has 19 heavy (non-hydrogen) atoms. The Morgan fingerprint density at radius 3 is 2.58 bits per heavy atom. The molecular weight excluding hydrogens is 246 g/mol. The van der Waals surface area contributed by atoms with E-state index in [4.69, 9.17) is 9.84 Å². The lowest BCUT2D eigenvalue weighted by molar-refractivity contribution is -0.146. The van der Waals surface area contributed by atoms with Gasteiger partial charge in [-0.1, -0.05) is 30.3 Å². The summed E-state index contributed by atoms with van der Waals surface area (Å²) in [6.07, 6.45) is 0. The fraction of sp³-hybridized carbons (Fsp3) is 0.500. The van der Waals surface area contributed by atoms with Gasteiger partial charge in [-0.05, 0) is 19.4 Å². The van der Waals surface area contributed by atoms with Crippen LogP contribution < -0.4 is 5.32 Å². The first-order chi connectivity index (χ1) is 9.00. The van der Waals surface area contributed by atoms with E-state index in [2.05, 4.69) is 5.32 Å². The van der Waals surface area contributed by atoms with Crippen molar-refractivity contribution in [3.05, 3.63) is 35.9 Å². The topological polar surface area (TPSA) is 78.8 Å². The standard InChI is InChI=1S/C14H21NO4/c1-3-19-13(17)12(11-7-5-4-6-8-11)15-9-14(2,18)10-16/h4-8,12,15-16,18H,3,9-10H2,1-2H3. The number of ether oxygens (including phenoxy) is 1. The minimum absolute atomic E-state index is 0.0852. The van der Waals surface area contributed by atoms with Gasteiger partial charge in [-0.3, -0.25) is 5.32 Å². The highest BCUT2D eigenvalue weighted by molar-refractivity contribution is 5.77. The van der Waals surface area contributed by atoms with Crippen LogP contribution in [-0.2, 0) is 9.53 Å². The van der Waals surface area contributed by atoms with Crippen molar-refractivity contribution in [2.24, 2.45) is 0 Å². The Morgan fingerprint density at radius 2 is 2.05 bits per heavy atom. The number of hydrogen-bond acceptors (Lipinski definition) is 5. The average molecular weight is 267 g/mol. The molecule has 0 fully saturated rings. The lowest BCUT2D eigenvalue weighted by Gasteiger charge is -2.24. The fourth-order valence-corrected chi connectivity index (χ4v) is 1.59. The van der Waals surface area contributed by atoms with Crippen molar-refractivity contribution in [2.75, 3.05) is 19.8 Å². The van der Waals surface area contributed by atoms with Crippen molar-refractivity contribution >= 4 is 5.97 Å². The van der Waals surface area contributed by atoms with Gasteiger partial charge < -0.3 is 14.9 Å². The maximum atomic E-state index is 11.9. The number of aliphatic hydroxyl groups is 2. The maximum absolute atomic E-state index is 11.9. The molecule has 0 spiro atoms. The van der Waals surface area contributed by atoms with E-state index < -0.39 is 17.6 Å². The summed E-state index contributed by atoms with van der Waals surface area (Å²) in [7, 11) is 0. The second kappa shape index (κ2) is 7.23. The molecule has 3 N–H and O–H groups in total. The lowest BCUT2D eigenvalue weighted by atomic mass is 10.0. The highest BCUT2D eigenvalue weighted by atomic mass is 16.5. The quantitative estimate of drug-likeness (QED) is 0.631. The molecule has 0 heterocycles.